The fourth-order valence-corrected chi connectivity index (χ4v) is 3.97. The second kappa shape index (κ2) is 11.2. The van der Waals surface area contributed by atoms with Crippen LogP contribution in [0.1, 0.15) is 69.0 Å². The standard InChI is InChI=1S/C22H32N2O5S/c1-22(2,3)29-21(28)23-15-16-10-12-24(13-11-16)20(27)9-7-17(25)6-8-18(26)19-5-4-14-30-19/h4-5,14,16H,6-13,15H2,1-3H3,(H,23,28). The van der Waals surface area contributed by atoms with Crippen molar-refractivity contribution in [3.05, 3.63) is 22.4 Å². The van der Waals surface area contributed by atoms with E-state index in [4.69, 9.17) is 4.74 Å². The number of ether oxygens (including phenoxy) is 1. The van der Waals surface area contributed by atoms with Crippen molar-refractivity contribution in [1.82, 2.24) is 10.2 Å². The van der Waals surface area contributed by atoms with E-state index in [1.807, 2.05) is 32.2 Å². The lowest BCUT2D eigenvalue weighted by Gasteiger charge is -2.32. The Morgan fingerprint density at radius 3 is 2.37 bits per heavy atom. The van der Waals surface area contributed by atoms with Gasteiger partial charge in [0.2, 0.25) is 5.91 Å². The van der Waals surface area contributed by atoms with Crippen molar-refractivity contribution in [3.63, 3.8) is 0 Å². The smallest absolute Gasteiger partial charge is 0.407 e. The van der Waals surface area contributed by atoms with Crippen molar-refractivity contribution < 1.29 is 23.9 Å². The molecule has 7 nitrogen and oxygen atoms in total. The zero-order valence-corrected chi connectivity index (χ0v) is 18.9. The van der Waals surface area contributed by atoms with Gasteiger partial charge in [-0.2, -0.15) is 0 Å². The highest BCUT2D eigenvalue weighted by Gasteiger charge is 2.24. The van der Waals surface area contributed by atoms with E-state index < -0.39 is 11.7 Å². The van der Waals surface area contributed by atoms with Crippen molar-refractivity contribution >= 4 is 34.9 Å². The first-order valence-electron chi connectivity index (χ1n) is 10.5. The summed E-state index contributed by atoms with van der Waals surface area (Å²) in [7, 11) is 0. The Labute approximate surface area is 182 Å². The summed E-state index contributed by atoms with van der Waals surface area (Å²) in [6, 6.07) is 3.57. The van der Waals surface area contributed by atoms with Crippen molar-refractivity contribution in [2.75, 3.05) is 19.6 Å². The molecule has 0 unspecified atom stereocenters. The van der Waals surface area contributed by atoms with Crippen molar-refractivity contribution in [2.45, 2.75) is 64.9 Å². The lowest BCUT2D eigenvalue weighted by Crippen LogP contribution is -2.42. The topological polar surface area (TPSA) is 92.8 Å². The van der Waals surface area contributed by atoms with Crippen LogP contribution < -0.4 is 5.32 Å². The van der Waals surface area contributed by atoms with E-state index in [0.29, 0.717) is 30.4 Å². The molecule has 1 aromatic rings. The van der Waals surface area contributed by atoms with Gasteiger partial charge in [-0.25, -0.2) is 4.79 Å². The SMILES string of the molecule is CC(C)(C)OC(=O)NCC1CCN(C(=O)CCC(=O)CCC(=O)c2cccs2)CC1. The molecule has 0 spiro atoms. The van der Waals surface area contributed by atoms with E-state index in [1.165, 1.54) is 11.3 Å². The quantitative estimate of drug-likeness (QED) is 0.594. The third-order valence-electron chi connectivity index (χ3n) is 4.95. The maximum atomic E-state index is 12.4. The second-order valence-corrected chi connectivity index (χ2v) is 9.59. The number of carbonyl (C=O) groups is 4. The van der Waals surface area contributed by atoms with Crippen LogP contribution in [0.15, 0.2) is 17.5 Å². The number of rotatable bonds is 9. The van der Waals surface area contributed by atoms with Gasteiger partial charge in [-0.15, -0.1) is 11.3 Å². The van der Waals surface area contributed by atoms with Gasteiger partial charge in [-0.3, -0.25) is 14.4 Å². The van der Waals surface area contributed by atoms with E-state index in [2.05, 4.69) is 5.32 Å². The number of hydrogen-bond donors (Lipinski definition) is 1. The molecule has 1 saturated heterocycles. The second-order valence-electron chi connectivity index (χ2n) is 8.65. The lowest BCUT2D eigenvalue weighted by molar-refractivity contribution is -0.134. The number of nitrogens with one attached hydrogen (secondary N) is 1. The Kier molecular flexibility index (Phi) is 9.02. The minimum absolute atomic E-state index is 0.0215. The molecule has 166 valence electrons. The highest BCUT2D eigenvalue weighted by Crippen LogP contribution is 2.18. The summed E-state index contributed by atoms with van der Waals surface area (Å²) in [5, 5.41) is 4.63. The molecule has 2 amide bonds. The molecular formula is C22H32N2O5S. The monoisotopic (exact) mass is 436 g/mol. The first-order valence-corrected chi connectivity index (χ1v) is 11.3. The number of hydrogen-bond acceptors (Lipinski definition) is 6. The predicted octanol–water partition coefficient (Wildman–Crippen LogP) is 3.82. The minimum atomic E-state index is -0.519. The van der Waals surface area contributed by atoms with Crippen LogP contribution >= 0.6 is 11.3 Å². The first kappa shape index (κ1) is 24.1. The Hall–Kier alpha value is -2.22. The highest BCUT2D eigenvalue weighted by molar-refractivity contribution is 7.12. The zero-order valence-electron chi connectivity index (χ0n) is 18.1. The molecule has 0 saturated carbocycles. The zero-order chi connectivity index (χ0) is 22.1. The summed E-state index contributed by atoms with van der Waals surface area (Å²) < 4.78 is 5.23. The van der Waals surface area contributed by atoms with Crippen LogP contribution in [0, 0.1) is 5.92 Å². The molecule has 0 aliphatic carbocycles. The number of ketones is 2. The number of nitrogens with zero attached hydrogens (tertiary/aromatic N) is 1. The molecule has 1 fully saturated rings. The van der Waals surface area contributed by atoms with Gasteiger partial charge in [0.25, 0.3) is 0 Å². The van der Waals surface area contributed by atoms with Gasteiger partial charge < -0.3 is 15.0 Å². The normalized spacial score (nSPS) is 15.0. The van der Waals surface area contributed by atoms with Gasteiger partial charge in [0, 0.05) is 45.3 Å². The van der Waals surface area contributed by atoms with Gasteiger partial charge in [-0.1, -0.05) is 6.07 Å². The summed E-state index contributed by atoms with van der Waals surface area (Å²) in [5.41, 5.74) is -0.519. The molecule has 0 atom stereocenters. The Morgan fingerprint density at radius 1 is 1.10 bits per heavy atom. The number of alkyl carbamates (subject to hydrolysis) is 1. The number of carbonyl (C=O) groups excluding carboxylic acids is 4. The maximum absolute atomic E-state index is 12.4. The number of thiophene rings is 1. The molecule has 1 aliphatic heterocycles. The van der Waals surface area contributed by atoms with Crippen LogP contribution in [0.3, 0.4) is 0 Å². The molecule has 0 aromatic carbocycles. The fraction of sp³-hybridized carbons (Fsp3) is 0.636. The number of amides is 2. The summed E-state index contributed by atoms with van der Waals surface area (Å²) in [5.74, 6) is 0.217. The van der Waals surface area contributed by atoms with Crippen LogP contribution in [0.4, 0.5) is 4.79 Å². The summed E-state index contributed by atoms with van der Waals surface area (Å²) in [6.07, 6.45) is 1.95. The van der Waals surface area contributed by atoms with E-state index in [1.54, 1.807) is 11.0 Å². The summed E-state index contributed by atoms with van der Waals surface area (Å²) in [6.45, 7) is 7.26. The van der Waals surface area contributed by atoms with Gasteiger partial charge in [-0.05, 0) is 51.0 Å². The van der Waals surface area contributed by atoms with Crippen LogP contribution in [-0.4, -0.2) is 53.7 Å². The lowest BCUT2D eigenvalue weighted by atomic mass is 9.96. The third kappa shape index (κ3) is 8.65. The molecule has 2 rings (SSSR count). The van der Waals surface area contributed by atoms with Crippen LogP contribution in [0.2, 0.25) is 0 Å². The van der Waals surface area contributed by atoms with Crippen molar-refractivity contribution in [1.29, 1.82) is 0 Å². The molecule has 0 radical (unpaired) electrons. The largest absolute Gasteiger partial charge is 0.444 e. The maximum Gasteiger partial charge on any atom is 0.407 e. The molecular weight excluding hydrogens is 404 g/mol. The van der Waals surface area contributed by atoms with E-state index >= 15 is 0 Å². The molecule has 1 aliphatic rings. The number of Topliss-reactive ketones (excluding diaryl/α,β-unsaturated/α-hetero) is 2. The molecule has 1 N–H and O–H groups in total. The summed E-state index contributed by atoms with van der Waals surface area (Å²) >= 11 is 1.38. The van der Waals surface area contributed by atoms with E-state index in [-0.39, 0.29) is 43.2 Å². The first-order chi connectivity index (χ1) is 14.1. The van der Waals surface area contributed by atoms with E-state index in [9.17, 15) is 19.2 Å². The minimum Gasteiger partial charge on any atom is -0.444 e. The van der Waals surface area contributed by atoms with Gasteiger partial charge in [0.05, 0.1) is 4.88 Å². The van der Waals surface area contributed by atoms with Crippen molar-refractivity contribution in [2.24, 2.45) is 5.92 Å². The van der Waals surface area contributed by atoms with Gasteiger partial charge >= 0.3 is 6.09 Å². The molecule has 2 heterocycles. The molecule has 1 aromatic heterocycles. The average Bonchev–Trinajstić information content (AvgIpc) is 3.22. The van der Waals surface area contributed by atoms with Gasteiger partial charge in [0.1, 0.15) is 11.4 Å². The molecule has 0 bridgehead atoms. The fourth-order valence-electron chi connectivity index (χ4n) is 3.27. The number of likely N-dealkylation sites (tertiary alicyclic amines) is 1. The predicted molar refractivity (Wildman–Crippen MR) is 116 cm³/mol. The Morgan fingerprint density at radius 2 is 1.77 bits per heavy atom. The number of piperidine rings is 1. The Balaban J connectivity index is 1.60. The van der Waals surface area contributed by atoms with Gasteiger partial charge in [0.15, 0.2) is 5.78 Å². The molecule has 30 heavy (non-hydrogen) atoms. The molecule has 8 heteroatoms. The van der Waals surface area contributed by atoms with E-state index in [0.717, 1.165) is 12.8 Å². The third-order valence-corrected chi connectivity index (χ3v) is 5.86. The Bertz CT molecular complexity index is 731. The van der Waals surface area contributed by atoms with Crippen LogP contribution in [0.5, 0.6) is 0 Å². The van der Waals surface area contributed by atoms with Crippen molar-refractivity contribution in [3.8, 4) is 0 Å². The van der Waals surface area contributed by atoms with Crippen LogP contribution in [-0.2, 0) is 14.3 Å². The average molecular weight is 437 g/mol. The van der Waals surface area contributed by atoms with Crippen LogP contribution in [0.25, 0.3) is 0 Å². The summed E-state index contributed by atoms with van der Waals surface area (Å²) in [4.78, 5) is 50.5. The highest BCUT2D eigenvalue weighted by atomic mass is 32.1.